The van der Waals surface area contributed by atoms with E-state index >= 15 is 0 Å². The fourth-order valence-electron chi connectivity index (χ4n) is 1.77. The summed E-state index contributed by atoms with van der Waals surface area (Å²) in [7, 11) is 0. The third-order valence-electron chi connectivity index (χ3n) is 2.54. The van der Waals surface area contributed by atoms with Crippen LogP contribution in [0.15, 0.2) is 47.6 Å². The summed E-state index contributed by atoms with van der Waals surface area (Å²) in [5.41, 5.74) is 15.9. The van der Waals surface area contributed by atoms with Gasteiger partial charge in [0, 0.05) is 22.5 Å². The Hall–Kier alpha value is -2.45. The number of rotatable bonds is 3. The third-order valence-corrected chi connectivity index (χ3v) is 2.54. The smallest absolute Gasteiger partial charge is 0.0443 e. The van der Waals surface area contributed by atoms with Crippen LogP contribution >= 0.6 is 0 Å². The van der Waals surface area contributed by atoms with Crippen molar-refractivity contribution in [2.24, 2.45) is 5.11 Å². The summed E-state index contributed by atoms with van der Waals surface area (Å²) in [5.74, 6) is 0. The molecule has 0 saturated heterocycles. The lowest BCUT2D eigenvalue weighted by molar-refractivity contribution is 1.22. The molecule has 0 amide bonds. The predicted molar refractivity (Wildman–Crippen MR) is 71.4 cm³/mol. The Kier molecular flexibility index (Phi) is 3.28. The van der Waals surface area contributed by atoms with Crippen molar-refractivity contribution in [1.82, 2.24) is 0 Å². The summed E-state index contributed by atoms with van der Waals surface area (Å²) < 4.78 is 0. The van der Waals surface area contributed by atoms with Crippen LogP contribution in [0.1, 0.15) is 5.56 Å². The molecule has 0 radical (unpaired) electrons. The van der Waals surface area contributed by atoms with Crippen molar-refractivity contribution < 1.29 is 0 Å². The number of hydrogen-bond acceptors (Lipinski definition) is 2. The fraction of sp³-hybridized carbons (Fsp3) is 0.0769. The van der Waals surface area contributed by atoms with Crippen LogP contribution < -0.4 is 5.73 Å². The first kappa shape index (κ1) is 11.0. The maximum Gasteiger partial charge on any atom is 0.0443 e. The predicted octanol–water partition coefficient (Wildman–Crippen LogP) is 3.75. The van der Waals surface area contributed by atoms with Crippen LogP contribution in [0.25, 0.3) is 27.3 Å². The summed E-state index contributed by atoms with van der Waals surface area (Å²) in [6, 6.07) is 11.8. The van der Waals surface area contributed by atoms with Crippen LogP contribution in [0.4, 0.5) is 5.69 Å². The minimum atomic E-state index is 0.356. The van der Waals surface area contributed by atoms with Gasteiger partial charge in [0.1, 0.15) is 0 Å². The van der Waals surface area contributed by atoms with Crippen molar-refractivity contribution in [2.75, 3.05) is 12.3 Å². The highest BCUT2D eigenvalue weighted by Gasteiger charge is 1.99. The van der Waals surface area contributed by atoms with E-state index in [1.165, 1.54) is 0 Å². The zero-order valence-electron chi connectivity index (χ0n) is 9.24. The van der Waals surface area contributed by atoms with E-state index in [2.05, 4.69) is 10.0 Å². The van der Waals surface area contributed by atoms with Crippen molar-refractivity contribution in [3.63, 3.8) is 0 Å². The lowest BCUT2D eigenvalue weighted by Gasteiger charge is -2.04. The Labute approximate surface area is 99.0 Å². The zero-order chi connectivity index (χ0) is 12.1. The van der Waals surface area contributed by atoms with Gasteiger partial charge in [-0.15, -0.1) is 0 Å². The molecule has 0 aliphatic heterocycles. The first-order chi connectivity index (χ1) is 8.33. The molecule has 2 aromatic carbocycles. The molecule has 0 spiro atoms. The molecule has 2 aromatic rings. The van der Waals surface area contributed by atoms with Gasteiger partial charge >= 0.3 is 0 Å². The van der Waals surface area contributed by atoms with Crippen LogP contribution in [0.2, 0.25) is 0 Å². The lowest BCUT2D eigenvalue weighted by atomic mass is 10.0. The number of azide groups is 1. The van der Waals surface area contributed by atoms with Gasteiger partial charge in [0.25, 0.3) is 0 Å². The first-order valence-corrected chi connectivity index (χ1v) is 5.27. The molecular weight excluding hydrogens is 212 g/mol. The van der Waals surface area contributed by atoms with Crippen molar-refractivity contribution >= 4 is 22.5 Å². The second-order valence-corrected chi connectivity index (χ2v) is 3.61. The largest absolute Gasteiger partial charge is 0.398 e. The topological polar surface area (TPSA) is 74.8 Å². The number of anilines is 1. The molecule has 0 aromatic heterocycles. The standard InChI is InChI=1S/C13H12N4/c14-13-8-2-6-11-10(4-1-7-12(11)13)5-3-9-16-17-15/h1-8H,9,14H2. The number of nitrogens with zero attached hydrogens (tertiary/aromatic N) is 3. The van der Waals surface area contributed by atoms with Crippen molar-refractivity contribution in [1.29, 1.82) is 0 Å². The highest BCUT2D eigenvalue weighted by molar-refractivity contribution is 5.97. The molecule has 2 rings (SSSR count). The van der Waals surface area contributed by atoms with Crippen LogP contribution in [0.5, 0.6) is 0 Å². The highest BCUT2D eigenvalue weighted by atomic mass is 15.1. The summed E-state index contributed by atoms with van der Waals surface area (Å²) in [5, 5.41) is 5.60. The number of nitrogen functional groups attached to an aromatic ring is 1. The average Bonchev–Trinajstić information content (AvgIpc) is 2.36. The SMILES string of the molecule is [N-]=[N+]=NCC=Cc1cccc2c(N)cccc12. The normalized spacial score (nSPS) is 10.6. The molecule has 84 valence electrons. The number of hydrogen-bond donors (Lipinski definition) is 1. The lowest BCUT2D eigenvalue weighted by Crippen LogP contribution is -1.87. The van der Waals surface area contributed by atoms with E-state index in [9.17, 15) is 0 Å². The van der Waals surface area contributed by atoms with E-state index in [4.69, 9.17) is 11.3 Å². The Morgan fingerprint density at radius 1 is 1.18 bits per heavy atom. The van der Waals surface area contributed by atoms with Crippen molar-refractivity contribution in [3.8, 4) is 0 Å². The van der Waals surface area contributed by atoms with Gasteiger partial charge in [0.2, 0.25) is 0 Å². The van der Waals surface area contributed by atoms with Gasteiger partial charge in [0.05, 0.1) is 0 Å². The molecule has 0 unspecified atom stereocenters. The van der Waals surface area contributed by atoms with Gasteiger partial charge in [-0.05, 0) is 22.5 Å². The fourth-order valence-corrected chi connectivity index (χ4v) is 1.77. The van der Waals surface area contributed by atoms with E-state index in [1.807, 2.05) is 48.6 Å². The minimum Gasteiger partial charge on any atom is -0.398 e. The van der Waals surface area contributed by atoms with E-state index in [-0.39, 0.29) is 0 Å². The summed E-state index contributed by atoms with van der Waals surface area (Å²) >= 11 is 0. The van der Waals surface area contributed by atoms with Crippen molar-refractivity contribution in [3.05, 3.63) is 58.5 Å². The molecule has 0 aliphatic rings. The summed E-state index contributed by atoms with van der Waals surface area (Å²) in [4.78, 5) is 2.70. The Balaban J connectivity index is 2.44. The maximum absolute atomic E-state index is 8.18. The van der Waals surface area contributed by atoms with Gasteiger partial charge in [-0.3, -0.25) is 0 Å². The third kappa shape index (κ3) is 2.38. The van der Waals surface area contributed by atoms with E-state index < -0.39 is 0 Å². The van der Waals surface area contributed by atoms with Crippen LogP contribution in [0, 0.1) is 0 Å². The molecule has 2 N–H and O–H groups in total. The number of fused-ring (bicyclic) bond motifs is 1. The molecular formula is C13H12N4. The van der Waals surface area contributed by atoms with E-state index in [0.29, 0.717) is 6.54 Å². The molecule has 4 heteroatoms. The highest BCUT2D eigenvalue weighted by Crippen LogP contribution is 2.24. The molecule has 0 fully saturated rings. The minimum absolute atomic E-state index is 0.356. The zero-order valence-corrected chi connectivity index (χ0v) is 9.24. The Morgan fingerprint density at radius 3 is 2.76 bits per heavy atom. The van der Waals surface area contributed by atoms with Gasteiger partial charge < -0.3 is 5.73 Å². The van der Waals surface area contributed by atoms with Gasteiger partial charge in [-0.25, -0.2) is 0 Å². The molecule has 0 heterocycles. The second-order valence-electron chi connectivity index (χ2n) is 3.61. The summed E-state index contributed by atoms with van der Waals surface area (Å²) in [6.07, 6.45) is 3.77. The molecule has 0 atom stereocenters. The molecule has 17 heavy (non-hydrogen) atoms. The molecule has 0 bridgehead atoms. The van der Waals surface area contributed by atoms with Crippen LogP contribution in [-0.4, -0.2) is 6.54 Å². The van der Waals surface area contributed by atoms with Gasteiger partial charge in [0.15, 0.2) is 0 Å². The van der Waals surface area contributed by atoms with E-state index in [1.54, 1.807) is 0 Å². The van der Waals surface area contributed by atoms with Crippen LogP contribution in [0.3, 0.4) is 0 Å². The summed E-state index contributed by atoms with van der Waals surface area (Å²) in [6.45, 7) is 0.356. The van der Waals surface area contributed by atoms with Gasteiger partial charge in [-0.2, -0.15) is 0 Å². The molecule has 0 aliphatic carbocycles. The van der Waals surface area contributed by atoms with E-state index in [0.717, 1.165) is 22.0 Å². The molecule has 4 nitrogen and oxygen atoms in total. The Bertz CT molecular complexity index is 610. The van der Waals surface area contributed by atoms with Gasteiger partial charge in [-0.1, -0.05) is 47.6 Å². The average molecular weight is 224 g/mol. The number of benzene rings is 2. The maximum atomic E-state index is 8.18. The second kappa shape index (κ2) is 5.05. The van der Waals surface area contributed by atoms with Crippen molar-refractivity contribution in [2.45, 2.75) is 0 Å². The number of nitrogens with two attached hydrogens (primary N) is 1. The quantitative estimate of drug-likeness (QED) is 0.366. The first-order valence-electron chi connectivity index (χ1n) is 5.27. The van der Waals surface area contributed by atoms with Crippen LogP contribution in [-0.2, 0) is 0 Å². The molecule has 0 saturated carbocycles. The Morgan fingerprint density at radius 2 is 1.94 bits per heavy atom. The monoisotopic (exact) mass is 224 g/mol.